The van der Waals surface area contributed by atoms with Gasteiger partial charge in [0.1, 0.15) is 5.76 Å². The van der Waals surface area contributed by atoms with Crippen molar-refractivity contribution < 1.29 is 4.42 Å². The number of nitrogens with one attached hydrogen (secondary N) is 1. The maximum Gasteiger partial charge on any atom is 0.120 e. The molecule has 1 aromatic rings. The number of rotatable bonds is 7. The summed E-state index contributed by atoms with van der Waals surface area (Å²) in [5, 5.41) is 3.66. The summed E-state index contributed by atoms with van der Waals surface area (Å²) in [5.41, 5.74) is 0. The van der Waals surface area contributed by atoms with E-state index in [0.717, 1.165) is 25.3 Å². The third-order valence-corrected chi connectivity index (χ3v) is 4.08. The van der Waals surface area contributed by atoms with Crippen LogP contribution in [0.4, 0.5) is 0 Å². The molecule has 0 aliphatic carbocycles. The molecule has 2 unspecified atom stereocenters. The van der Waals surface area contributed by atoms with E-state index < -0.39 is 0 Å². The molecular weight excluding hydrogens is 236 g/mol. The van der Waals surface area contributed by atoms with Crippen molar-refractivity contribution in [1.29, 1.82) is 0 Å². The van der Waals surface area contributed by atoms with E-state index in [2.05, 4.69) is 30.1 Å². The lowest BCUT2D eigenvalue weighted by atomic mass is 10.0. The van der Waals surface area contributed by atoms with Gasteiger partial charge in [-0.1, -0.05) is 20.3 Å². The molecule has 108 valence electrons. The first kappa shape index (κ1) is 14.6. The lowest BCUT2D eigenvalue weighted by molar-refractivity contribution is 0.144. The lowest BCUT2D eigenvalue weighted by Crippen LogP contribution is -2.45. The van der Waals surface area contributed by atoms with E-state index in [4.69, 9.17) is 4.42 Å². The second-order valence-electron chi connectivity index (χ2n) is 5.58. The number of nitrogens with zero attached hydrogens (tertiary/aromatic N) is 1. The van der Waals surface area contributed by atoms with Crippen molar-refractivity contribution in [3.8, 4) is 0 Å². The number of hydrogen-bond donors (Lipinski definition) is 1. The molecule has 1 aliphatic heterocycles. The quantitative estimate of drug-likeness (QED) is 0.816. The van der Waals surface area contributed by atoms with Crippen LogP contribution in [-0.2, 0) is 0 Å². The number of hydrogen-bond acceptors (Lipinski definition) is 3. The van der Waals surface area contributed by atoms with Crippen LogP contribution < -0.4 is 5.32 Å². The van der Waals surface area contributed by atoms with E-state index in [1.54, 1.807) is 6.26 Å². The standard InChI is InChI=1S/C16H28N2O/c1-3-11-18(13-14-8-5-6-10-17-14)15(4-2)16-9-7-12-19-16/h7,9,12,14-15,17H,3-6,8,10-11,13H2,1-2H3. The van der Waals surface area contributed by atoms with Gasteiger partial charge in [-0.2, -0.15) is 0 Å². The molecule has 1 aliphatic rings. The highest BCUT2D eigenvalue weighted by Gasteiger charge is 2.24. The Bertz CT molecular complexity index is 331. The summed E-state index contributed by atoms with van der Waals surface area (Å²) in [4.78, 5) is 2.60. The maximum absolute atomic E-state index is 5.64. The first-order chi connectivity index (χ1) is 9.35. The van der Waals surface area contributed by atoms with Crippen LogP contribution >= 0.6 is 0 Å². The molecule has 0 aromatic carbocycles. The zero-order valence-electron chi connectivity index (χ0n) is 12.4. The second-order valence-corrected chi connectivity index (χ2v) is 5.58. The summed E-state index contributed by atoms with van der Waals surface area (Å²) in [6, 6.07) is 5.20. The fourth-order valence-electron chi connectivity index (χ4n) is 3.14. The van der Waals surface area contributed by atoms with Crippen LogP contribution in [0.15, 0.2) is 22.8 Å². The smallest absolute Gasteiger partial charge is 0.120 e. The molecule has 1 aromatic heterocycles. The average molecular weight is 264 g/mol. The first-order valence-corrected chi connectivity index (χ1v) is 7.86. The van der Waals surface area contributed by atoms with Crippen LogP contribution in [0.3, 0.4) is 0 Å². The van der Waals surface area contributed by atoms with Crippen LogP contribution in [0, 0.1) is 0 Å². The molecule has 3 nitrogen and oxygen atoms in total. The molecule has 0 spiro atoms. The summed E-state index contributed by atoms with van der Waals surface area (Å²) < 4.78 is 5.64. The molecule has 1 N–H and O–H groups in total. The molecule has 0 saturated carbocycles. The molecule has 2 heterocycles. The predicted molar refractivity (Wildman–Crippen MR) is 79.2 cm³/mol. The Morgan fingerprint density at radius 3 is 2.89 bits per heavy atom. The Morgan fingerprint density at radius 2 is 2.32 bits per heavy atom. The van der Waals surface area contributed by atoms with Gasteiger partial charge in [-0.25, -0.2) is 0 Å². The van der Waals surface area contributed by atoms with Crippen molar-refractivity contribution in [1.82, 2.24) is 10.2 Å². The van der Waals surface area contributed by atoms with Crippen LogP contribution in [0.1, 0.15) is 57.8 Å². The average Bonchev–Trinajstić information content (AvgIpc) is 2.95. The second kappa shape index (κ2) is 7.71. The minimum atomic E-state index is 0.429. The van der Waals surface area contributed by atoms with Crippen molar-refractivity contribution in [2.45, 2.75) is 58.0 Å². The normalized spacial score (nSPS) is 21.7. The van der Waals surface area contributed by atoms with Crippen molar-refractivity contribution in [3.63, 3.8) is 0 Å². The summed E-state index contributed by atoms with van der Waals surface area (Å²) >= 11 is 0. The van der Waals surface area contributed by atoms with Crippen LogP contribution in [0.5, 0.6) is 0 Å². The van der Waals surface area contributed by atoms with Gasteiger partial charge in [0.2, 0.25) is 0 Å². The summed E-state index contributed by atoms with van der Waals surface area (Å²) in [6.07, 6.45) is 8.12. The van der Waals surface area contributed by atoms with Crippen LogP contribution in [0.2, 0.25) is 0 Å². The third kappa shape index (κ3) is 4.08. The third-order valence-electron chi connectivity index (χ3n) is 4.08. The van der Waals surface area contributed by atoms with Crippen LogP contribution in [0.25, 0.3) is 0 Å². The molecule has 1 fully saturated rings. The van der Waals surface area contributed by atoms with Gasteiger partial charge < -0.3 is 9.73 Å². The van der Waals surface area contributed by atoms with Gasteiger partial charge in [0, 0.05) is 12.6 Å². The van der Waals surface area contributed by atoms with E-state index in [1.165, 1.54) is 32.2 Å². The SMILES string of the molecule is CCCN(CC1CCCCN1)C(CC)c1ccco1. The van der Waals surface area contributed by atoms with Gasteiger partial charge in [0.05, 0.1) is 12.3 Å². The Morgan fingerprint density at radius 1 is 1.42 bits per heavy atom. The molecule has 0 radical (unpaired) electrons. The van der Waals surface area contributed by atoms with E-state index in [1.807, 2.05) is 6.07 Å². The highest BCUT2D eigenvalue weighted by atomic mass is 16.3. The topological polar surface area (TPSA) is 28.4 Å². The Balaban J connectivity index is 2.00. The molecule has 3 heteroatoms. The maximum atomic E-state index is 5.64. The Labute approximate surface area is 117 Å². The van der Waals surface area contributed by atoms with Crippen molar-refractivity contribution in [3.05, 3.63) is 24.2 Å². The highest BCUT2D eigenvalue weighted by Crippen LogP contribution is 2.25. The van der Waals surface area contributed by atoms with Gasteiger partial charge in [0.15, 0.2) is 0 Å². The fraction of sp³-hybridized carbons (Fsp3) is 0.750. The fourth-order valence-corrected chi connectivity index (χ4v) is 3.14. The molecule has 0 amide bonds. The zero-order valence-corrected chi connectivity index (χ0v) is 12.4. The summed E-state index contributed by atoms with van der Waals surface area (Å²) in [7, 11) is 0. The van der Waals surface area contributed by atoms with E-state index in [-0.39, 0.29) is 0 Å². The molecule has 1 saturated heterocycles. The Kier molecular flexibility index (Phi) is 5.93. The largest absolute Gasteiger partial charge is 0.468 e. The van der Waals surface area contributed by atoms with E-state index >= 15 is 0 Å². The van der Waals surface area contributed by atoms with E-state index in [9.17, 15) is 0 Å². The van der Waals surface area contributed by atoms with Crippen molar-refractivity contribution in [2.24, 2.45) is 0 Å². The molecule has 0 bridgehead atoms. The lowest BCUT2D eigenvalue weighted by Gasteiger charge is -2.34. The van der Waals surface area contributed by atoms with Crippen LogP contribution in [-0.4, -0.2) is 30.6 Å². The summed E-state index contributed by atoms with van der Waals surface area (Å²) in [6.45, 7) is 7.99. The van der Waals surface area contributed by atoms with Crippen molar-refractivity contribution in [2.75, 3.05) is 19.6 Å². The van der Waals surface area contributed by atoms with Gasteiger partial charge in [0.25, 0.3) is 0 Å². The van der Waals surface area contributed by atoms with Crippen molar-refractivity contribution >= 4 is 0 Å². The molecular formula is C16H28N2O. The first-order valence-electron chi connectivity index (χ1n) is 7.86. The Hall–Kier alpha value is -0.800. The minimum Gasteiger partial charge on any atom is -0.468 e. The van der Waals surface area contributed by atoms with E-state index in [0.29, 0.717) is 12.1 Å². The van der Waals surface area contributed by atoms with Gasteiger partial charge >= 0.3 is 0 Å². The predicted octanol–water partition coefficient (Wildman–Crippen LogP) is 3.58. The minimum absolute atomic E-state index is 0.429. The zero-order chi connectivity index (χ0) is 13.5. The number of furan rings is 1. The summed E-state index contributed by atoms with van der Waals surface area (Å²) in [5.74, 6) is 1.12. The van der Waals surface area contributed by atoms with Gasteiger partial charge in [-0.05, 0) is 50.9 Å². The molecule has 19 heavy (non-hydrogen) atoms. The monoisotopic (exact) mass is 264 g/mol. The number of piperidine rings is 1. The molecule has 2 rings (SSSR count). The molecule has 2 atom stereocenters. The van der Waals surface area contributed by atoms with Gasteiger partial charge in [-0.3, -0.25) is 4.90 Å². The highest BCUT2D eigenvalue weighted by molar-refractivity contribution is 5.05. The van der Waals surface area contributed by atoms with Gasteiger partial charge in [-0.15, -0.1) is 0 Å².